The van der Waals surface area contributed by atoms with Crippen molar-refractivity contribution >= 4 is 49.1 Å². The molecule has 0 saturated carbocycles. The summed E-state index contributed by atoms with van der Waals surface area (Å²) in [7, 11) is 0. The fraction of sp³-hybridized carbons (Fsp3) is 0.350. The van der Waals surface area contributed by atoms with Gasteiger partial charge in [-0.2, -0.15) is 0 Å². The van der Waals surface area contributed by atoms with Crippen LogP contribution in [0.5, 0.6) is 0 Å². The minimum Gasteiger partial charge on any atom is -0.324 e. The quantitative estimate of drug-likeness (QED) is 0.639. The van der Waals surface area contributed by atoms with Crippen molar-refractivity contribution in [1.29, 1.82) is 0 Å². The summed E-state index contributed by atoms with van der Waals surface area (Å²) in [4.78, 5) is 32.8. The maximum atomic E-state index is 13.3. The minimum absolute atomic E-state index is 0.102. The largest absolute Gasteiger partial charge is 0.324 e. The van der Waals surface area contributed by atoms with E-state index in [0.717, 1.165) is 34.1 Å². The highest BCUT2D eigenvalue weighted by molar-refractivity contribution is 9.10. The predicted molar refractivity (Wildman–Crippen MR) is 113 cm³/mol. The second kappa shape index (κ2) is 7.20. The molecule has 0 saturated heterocycles. The van der Waals surface area contributed by atoms with Gasteiger partial charge in [0.15, 0.2) is 0 Å². The number of benzene rings is 1. The van der Waals surface area contributed by atoms with E-state index in [-0.39, 0.29) is 11.5 Å². The molecule has 0 aliphatic heterocycles. The fourth-order valence-corrected chi connectivity index (χ4v) is 5.23. The van der Waals surface area contributed by atoms with Crippen molar-refractivity contribution in [1.82, 2.24) is 9.55 Å². The number of anilines is 1. The zero-order valence-corrected chi connectivity index (χ0v) is 17.6. The number of nitrogens with zero attached hydrogens (tertiary/aromatic N) is 2. The Labute approximate surface area is 169 Å². The van der Waals surface area contributed by atoms with Crippen LogP contribution < -0.4 is 10.9 Å². The second-order valence-electron chi connectivity index (χ2n) is 6.90. The second-order valence-corrected chi connectivity index (χ2v) is 8.90. The van der Waals surface area contributed by atoms with Gasteiger partial charge in [0.05, 0.1) is 5.39 Å². The number of carbonyl (C=O) groups is 1. The van der Waals surface area contributed by atoms with Gasteiger partial charge in [0.1, 0.15) is 16.7 Å². The molecule has 2 aromatic heterocycles. The standard InChI is InChI=1S/C20H20BrN3O2S/c1-11(18(25)23-14-9-7-13(21)8-10-14)24-12(2)22-19-17(20(24)26)15-5-3-4-6-16(15)27-19/h7-11H,3-6H2,1-2H3,(H,23,25). The van der Waals surface area contributed by atoms with Crippen molar-refractivity contribution in [2.45, 2.75) is 45.6 Å². The number of fused-ring (bicyclic) bond motifs is 3. The first-order valence-electron chi connectivity index (χ1n) is 9.05. The van der Waals surface area contributed by atoms with Crippen molar-refractivity contribution in [3.8, 4) is 0 Å². The molecule has 0 radical (unpaired) electrons. The summed E-state index contributed by atoms with van der Waals surface area (Å²) in [5.74, 6) is 0.345. The average Bonchev–Trinajstić information content (AvgIpc) is 3.01. The number of carbonyl (C=O) groups excluding carboxylic acids is 1. The molecule has 0 spiro atoms. The molecule has 5 nitrogen and oxygen atoms in total. The van der Waals surface area contributed by atoms with Gasteiger partial charge < -0.3 is 5.32 Å². The minimum atomic E-state index is -0.641. The van der Waals surface area contributed by atoms with Crippen LogP contribution in [-0.4, -0.2) is 15.5 Å². The highest BCUT2D eigenvalue weighted by atomic mass is 79.9. The van der Waals surface area contributed by atoms with E-state index in [0.29, 0.717) is 16.9 Å². The summed E-state index contributed by atoms with van der Waals surface area (Å²) in [6, 6.07) is 6.73. The zero-order chi connectivity index (χ0) is 19.1. The van der Waals surface area contributed by atoms with Crippen LogP contribution in [0.25, 0.3) is 10.2 Å². The van der Waals surface area contributed by atoms with E-state index in [1.54, 1.807) is 25.2 Å². The summed E-state index contributed by atoms with van der Waals surface area (Å²) in [5, 5.41) is 3.59. The molecule has 0 bridgehead atoms. The van der Waals surface area contributed by atoms with E-state index in [1.807, 2.05) is 24.3 Å². The van der Waals surface area contributed by atoms with Crippen LogP contribution in [0, 0.1) is 6.92 Å². The number of aryl methyl sites for hydroxylation is 3. The predicted octanol–water partition coefficient (Wildman–Crippen LogP) is 4.61. The summed E-state index contributed by atoms with van der Waals surface area (Å²) >= 11 is 5.01. The SMILES string of the molecule is Cc1nc2sc3c(c2c(=O)n1C(C)C(=O)Nc1ccc(Br)cc1)CCCC3. The molecule has 1 N–H and O–H groups in total. The maximum absolute atomic E-state index is 13.3. The van der Waals surface area contributed by atoms with Crippen LogP contribution in [0.3, 0.4) is 0 Å². The van der Waals surface area contributed by atoms with Crippen molar-refractivity contribution < 1.29 is 4.79 Å². The number of hydrogen-bond donors (Lipinski definition) is 1. The van der Waals surface area contributed by atoms with Crippen LogP contribution in [0.15, 0.2) is 33.5 Å². The molecule has 1 amide bonds. The van der Waals surface area contributed by atoms with Crippen molar-refractivity contribution in [2.75, 3.05) is 5.32 Å². The highest BCUT2D eigenvalue weighted by Crippen LogP contribution is 2.34. The Morgan fingerprint density at radius 3 is 2.70 bits per heavy atom. The van der Waals surface area contributed by atoms with Crippen LogP contribution in [0.2, 0.25) is 0 Å². The summed E-state index contributed by atoms with van der Waals surface area (Å²) in [6.07, 6.45) is 4.22. The third kappa shape index (κ3) is 3.34. The molecule has 1 aromatic carbocycles. The molecule has 140 valence electrons. The first-order chi connectivity index (χ1) is 13.0. The molecule has 1 atom stereocenters. The van der Waals surface area contributed by atoms with Gasteiger partial charge in [-0.15, -0.1) is 11.3 Å². The van der Waals surface area contributed by atoms with Crippen LogP contribution in [0.1, 0.15) is 42.1 Å². The first kappa shape index (κ1) is 18.4. The van der Waals surface area contributed by atoms with E-state index in [9.17, 15) is 9.59 Å². The van der Waals surface area contributed by atoms with Gasteiger partial charge in [0, 0.05) is 15.0 Å². The smallest absolute Gasteiger partial charge is 0.263 e. The summed E-state index contributed by atoms with van der Waals surface area (Å²) < 4.78 is 2.47. The normalized spacial score (nSPS) is 14.8. The molecule has 2 heterocycles. The average molecular weight is 446 g/mol. The van der Waals surface area contributed by atoms with Gasteiger partial charge in [0.25, 0.3) is 5.56 Å². The Hall–Kier alpha value is -1.99. The van der Waals surface area contributed by atoms with Crippen molar-refractivity contribution in [2.24, 2.45) is 0 Å². The molecular formula is C20H20BrN3O2S. The number of amides is 1. The van der Waals surface area contributed by atoms with Gasteiger partial charge in [-0.05, 0) is 69.4 Å². The first-order valence-corrected chi connectivity index (χ1v) is 10.7. The zero-order valence-electron chi connectivity index (χ0n) is 15.2. The topological polar surface area (TPSA) is 64.0 Å². The monoisotopic (exact) mass is 445 g/mol. The summed E-state index contributed by atoms with van der Waals surface area (Å²) in [5.41, 5.74) is 1.74. The Morgan fingerprint density at radius 1 is 1.26 bits per heavy atom. The highest BCUT2D eigenvalue weighted by Gasteiger charge is 2.25. The molecule has 27 heavy (non-hydrogen) atoms. The molecule has 1 unspecified atom stereocenters. The Balaban J connectivity index is 1.72. The molecule has 1 aliphatic carbocycles. The Bertz CT molecular complexity index is 1090. The van der Waals surface area contributed by atoms with Crippen molar-refractivity contribution in [3.05, 3.63) is 55.4 Å². The van der Waals surface area contributed by atoms with E-state index < -0.39 is 6.04 Å². The molecule has 3 aromatic rings. The third-order valence-corrected chi connectivity index (χ3v) is 6.79. The molecule has 4 rings (SSSR count). The lowest BCUT2D eigenvalue weighted by molar-refractivity contribution is -0.118. The van der Waals surface area contributed by atoms with Gasteiger partial charge in [-0.1, -0.05) is 15.9 Å². The fourth-order valence-electron chi connectivity index (χ4n) is 3.67. The van der Waals surface area contributed by atoms with E-state index in [4.69, 9.17) is 0 Å². The number of nitrogens with one attached hydrogen (secondary N) is 1. The van der Waals surface area contributed by atoms with Crippen molar-refractivity contribution in [3.63, 3.8) is 0 Å². The lowest BCUT2D eigenvalue weighted by Crippen LogP contribution is -2.34. The number of rotatable bonds is 3. The lowest BCUT2D eigenvalue weighted by atomic mass is 9.97. The number of aromatic nitrogens is 2. The number of thiophene rings is 1. The van der Waals surface area contributed by atoms with Gasteiger partial charge in [-0.3, -0.25) is 14.2 Å². The van der Waals surface area contributed by atoms with Crippen LogP contribution in [-0.2, 0) is 17.6 Å². The molecule has 1 aliphatic rings. The van der Waals surface area contributed by atoms with Crippen LogP contribution >= 0.6 is 27.3 Å². The van der Waals surface area contributed by atoms with Gasteiger partial charge in [0.2, 0.25) is 5.91 Å². The molecule has 0 fully saturated rings. The molecular weight excluding hydrogens is 426 g/mol. The van der Waals surface area contributed by atoms with E-state index in [1.165, 1.54) is 15.9 Å². The van der Waals surface area contributed by atoms with Gasteiger partial charge >= 0.3 is 0 Å². The van der Waals surface area contributed by atoms with E-state index >= 15 is 0 Å². The number of hydrogen-bond acceptors (Lipinski definition) is 4. The Morgan fingerprint density at radius 2 is 1.96 bits per heavy atom. The Kier molecular flexibility index (Phi) is 4.90. The lowest BCUT2D eigenvalue weighted by Gasteiger charge is -2.18. The summed E-state index contributed by atoms with van der Waals surface area (Å²) in [6.45, 7) is 3.54. The van der Waals surface area contributed by atoms with E-state index in [2.05, 4.69) is 26.2 Å². The van der Waals surface area contributed by atoms with Crippen LogP contribution in [0.4, 0.5) is 5.69 Å². The molecule has 7 heteroatoms. The van der Waals surface area contributed by atoms with Gasteiger partial charge in [-0.25, -0.2) is 4.98 Å². The number of halogens is 1. The third-order valence-electron chi connectivity index (χ3n) is 5.08. The maximum Gasteiger partial charge on any atom is 0.263 e.